The lowest BCUT2D eigenvalue weighted by Gasteiger charge is -2.16. The van der Waals surface area contributed by atoms with Gasteiger partial charge in [-0.3, -0.25) is 0 Å². The molecule has 0 aliphatic rings. The number of hydrogen-bond donors (Lipinski definition) is 2. The zero-order chi connectivity index (χ0) is 19.2. The van der Waals surface area contributed by atoms with Crippen molar-refractivity contribution in [1.82, 2.24) is 9.62 Å². The molecule has 7 heteroatoms. The molecule has 0 aliphatic heterocycles. The Balaban J connectivity index is 2.00. The highest BCUT2D eigenvalue weighted by atomic mass is 32.2. The number of likely N-dealkylation sites (N-methyl/N-ethyl adjacent to an activating group) is 1. The van der Waals surface area contributed by atoms with Crippen LogP contribution in [0.25, 0.3) is 0 Å². The van der Waals surface area contributed by atoms with Gasteiger partial charge in [-0.05, 0) is 36.8 Å². The van der Waals surface area contributed by atoms with Gasteiger partial charge in [-0.25, -0.2) is 13.2 Å². The van der Waals surface area contributed by atoms with Gasteiger partial charge in [0.05, 0.1) is 10.9 Å². The van der Waals surface area contributed by atoms with Crippen molar-refractivity contribution in [2.45, 2.75) is 17.9 Å². The third kappa shape index (κ3) is 4.93. The van der Waals surface area contributed by atoms with E-state index in [1.54, 1.807) is 12.1 Å². The summed E-state index contributed by atoms with van der Waals surface area (Å²) in [7, 11) is -2.08. The molecule has 0 aliphatic carbocycles. The van der Waals surface area contributed by atoms with Gasteiger partial charge in [0.1, 0.15) is 0 Å². The van der Waals surface area contributed by atoms with Crippen LogP contribution in [-0.2, 0) is 10.0 Å². The van der Waals surface area contributed by atoms with Crippen LogP contribution in [0.1, 0.15) is 18.5 Å². The summed E-state index contributed by atoms with van der Waals surface area (Å²) in [5.74, 6) is 0. The topological polar surface area (TPSA) is 78.5 Å². The molecule has 0 saturated heterocycles. The third-order valence-corrected chi connectivity index (χ3v) is 5.69. The third-order valence-electron chi connectivity index (χ3n) is 3.85. The fourth-order valence-electron chi connectivity index (χ4n) is 2.36. The number of urea groups is 1. The van der Waals surface area contributed by atoms with Crippen molar-refractivity contribution in [2.75, 3.05) is 18.9 Å². The van der Waals surface area contributed by atoms with E-state index in [9.17, 15) is 13.2 Å². The summed E-state index contributed by atoms with van der Waals surface area (Å²) in [5, 5.41) is 5.54. The Morgan fingerprint density at radius 2 is 1.77 bits per heavy atom. The predicted molar refractivity (Wildman–Crippen MR) is 103 cm³/mol. The van der Waals surface area contributed by atoms with Gasteiger partial charge in [-0.2, -0.15) is 4.31 Å². The minimum Gasteiger partial charge on any atom is -0.331 e. The highest BCUT2D eigenvalue weighted by Crippen LogP contribution is 2.18. The van der Waals surface area contributed by atoms with E-state index in [1.807, 2.05) is 37.3 Å². The van der Waals surface area contributed by atoms with Gasteiger partial charge in [0, 0.05) is 19.3 Å². The minimum absolute atomic E-state index is 0.150. The summed E-state index contributed by atoms with van der Waals surface area (Å²) < 4.78 is 25.9. The van der Waals surface area contributed by atoms with Gasteiger partial charge in [0.2, 0.25) is 10.0 Å². The Morgan fingerprint density at radius 1 is 1.15 bits per heavy atom. The van der Waals surface area contributed by atoms with Crippen molar-refractivity contribution < 1.29 is 13.2 Å². The molecule has 1 unspecified atom stereocenters. The number of carbonyl (C=O) groups is 1. The van der Waals surface area contributed by atoms with Gasteiger partial charge in [0.25, 0.3) is 0 Å². The smallest absolute Gasteiger partial charge is 0.319 e. The molecule has 2 aromatic carbocycles. The molecule has 26 heavy (non-hydrogen) atoms. The highest BCUT2D eigenvalue weighted by molar-refractivity contribution is 7.89. The number of sulfonamides is 1. The van der Waals surface area contributed by atoms with Crippen molar-refractivity contribution in [1.29, 1.82) is 0 Å². The molecule has 2 rings (SSSR count). The second-order valence-electron chi connectivity index (χ2n) is 5.83. The highest BCUT2D eigenvalue weighted by Gasteiger charge is 2.19. The molecular formula is C19H23N3O3S. The molecule has 0 saturated carbocycles. The summed E-state index contributed by atoms with van der Waals surface area (Å²) in [5.41, 5.74) is 1.50. The fraction of sp³-hybridized carbons (Fsp3) is 0.211. The normalized spacial score (nSPS) is 12.4. The van der Waals surface area contributed by atoms with E-state index in [0.717, 1.165) is 5.56 Å². The van der Waals surface area contributed by atoms with Crippen LogP contribution in [0.15, 0.2) is 72.1 Å². The number of anilines is 1. The first-order valence-electron chi connectivity index (χ1n) is 8.14. The maximum Gasteiger partial charge on any atom is 0.319 e. The molecule has 6 nitrogen and oxygen atoms in total. The largest absolute Gasteiger partial charge is 0.331 e. The number of carbonyl (C=O) groups excluding carboxylic acids is 1. The molecule has 0 aromatic heterocycles. The summed E-state index contributed by atoms with van der Waals surface area (Å²) in [6.07, 6.45) is 1.52. The Hall–Kier alpha value is -2.64. The van der Waals surface area contributed by atoms with E-state index in [0.29, 0.717) is 5.69 Å². The van der Waals surface area contributed by atoms with Gasteiger partial charge in [0.15, 0.2) is 0 Å². The first-order chi connectivity index (χ1) is 12.3. The van der Waals surface area contributed by atoms with Crippen LogP contribution >= 0.6 is 0 Å². The van der Waals surface area contributed by atoms with Crippen molar-refractivity contribution in [2.24, 2.45) is 0 Å². The van der Waals surface area contributed by atoms with Crippen molar-refractivity contribution >= 4 is 21.7 Å². The molecule has 0 radical (unpaired) electrons. The maximum atomic E-state index is 12.3. The van der Waals surface area contributed by atoms with Crippen LogP contribution in [0.4, 0.5) is 10.5 Å². The lowest BCUT2D eigenvalue weighted by molar-refractivity contribution is 0.249. The van der Waals surface area contributed by atoms with Gasteiger partial charge >= 0.3 is 6.03 Å². The molecule has 2 N–H and O–H groups in total. The zero-order valence-electron chi connectivity index (χ0n) is 14.8. The second-order valence-corrected chi connectivity index (χ2v) is 7.87. The van der Waals surface area contributed by atoms with Crippen molar-refractivity contribution in [3.8, 4) is 0 Å². The van der Waals surface area contributed by atoms with Crippen molar-refractivity contribution in [3.63, 3.8) is 0 Å². The first kappa shape index (κ1) is 19.7. The van der Waals surface area contributed by atoms with Crippen molar-refractivity contribution in [3.05, 3.63) is 72.8 Å². The SMILES string of the molecule is C=CCN(C)S(=O)(=O)c1ccc(NC(=O)NC(C)c2ccccc2)cc1. The number of nitrogens with one attached hydrogen (secondary N) is 2. The van der Waals surface area contributed by atoms with Crippen LogP contribution in [0.3, 0.4) is 0 Å². The monoisotopic (exact) mass is 373 g/mol. The van der Waals surface area contributed by atoms with E-state index in [4.69, 9.17) is 0 Å². The van der Waals surface area contributed by atoms with Gasteiger partial charge in [-0.1, -0.05) is 36.4 Å². The number of benzene rings is 2. The standard InChI is InChI=1S/C19H23N3O3S/c1-4-14-22(3)26(24,25)18-12-10-17(11-13-18)21-19(23)20-15(2)16-8-6-5-7-9-16/h4-13,15H,1,14H2,2-3H3,(H2,20,21,23). The van der Waals surface area contributed by atoms with Crippen LogP contribution < -0.4 is 10.6 Å². The summed E-state index contributed by atoms with van der Waals surface area (Å²) >= 11 is 0. The number of nitrogens with zero attached hydrogens (tertiary/aromatic N) is 1. The lowest BCUT2D eigenvalue weighted by Crippen LogP contribution is -2.31. The Kier molecular flexibility index (Phi) is 6.54. The zero-order valence-corrected chi connectivity index (χ0v) is 15.7. The lowest BCUT2D eigenvalue weighted by atomic mass is 10.1. The summed E-state index contributed by atoms with van der Waals surface area (Å²) in [6, 6.07) is 15.1. The molecule has 0 fully saturated rings. The Bertz CT molecular complexity index is 849. The molecule has 2 amide bonds. The number of hydrogen-bond acceptors (Lipinski definition) is 3. The molecule has 2 aromatic rings. The molecule has 0 heterocycles. The predicted octanol–water partition coefficient (Wildman–Crippen LogP) is 3.38. The van der Waals surface area contributed by atoms with E-state index < -0.39 is 10.0 Å². The first-order valence-corrected chi connectivity index (χ1v) is 9.58. The van der Waals surface area contributed by atoms with Crippen LogP contribution in [0, 0.1) is 0 Å². The number of amides is 2. The quantitative estimate of drug-likeness (QED) is 0.731. The molecule has 138 valence electrons. The minimum atomic E-state index is -3.57. The average molecular weight is 373 g/mol. The molecule has 0 spiro atoms. The summed E-state index contributed by atoms with van der Waals surface area (Å²) in [4.78, 5) is 12.3. The maximum absolute atomic E-state index is 12.3. The number of rotatable bonds is 7. The van der Waals surface area contributed by atoms with Gasteiger partial charge in [-0.15, -0.1) is 6.58 Å². The second kappa shape index (κ2) is 8.64. The van der Waals surface area contributed by atoms with Gasteiger partial charge < -0.3 is 10.6 Å². The van der Waals surface area contributed by atoms with E-state index in [2.05, 4.69) is 17.2 Å². The average Bonchev–Trinajstić information content (AvgIpc) is 2.63. The summed E-state index contributed by atoms with van der Waals surface area (Å²) in [6.45, 7) is 5.65. The van der Waals surface area contributed by atoms with Crippen LogP contribution in [0.2, 0.25) is 0 Å². The molecule has 0 bridgehead atoms. The Morgan fingerprint density at radius 3 is 2.35 bits per heavy atom. The van der Waals surface area contributed by atoms with E-state index >= 15 is 0 Å². The molecule has 1 atom stereocenters. The van der Waals surface area contributed by atoms with E-state index in [-0.39, 0.29) is 23.5 Å². The Labute approximate surface area is 154 Å². The fourth-order valence-corrected chi connectivity index (χ4v) is 3.50. The van der Waals surface area contributed by atoms with Crippen LogP contribution in [-0.4, -0.2) is 32.3 Å². The van der Waals surface area contributed by atoms with Crippen LogP contribution in [0.5, 0.6) is 0 Å². The van der Waals surface area contributed by atoms with E-state index in [1.165, 1.54) is 29.6 Å². The molecular weight excluding hydrogens is 350 g/mol.